The van der Waals surface area contributed by atoms with E-state index >= 15 is 0 Å². The van der Waals surface area contributed by atoms with Crippen LogP contribution in [0, 0.1) is 22.7 Å². The van der Waals surface area contributed by atoms with Gasteiger partial charge in [0.15, 0.2) is 6.29 Å². The summed E-state index contributed by atoms with van der Waals surface area (Å²) in [6, 6.07) is 4.07. The Labute approximate surface area is 97.2 Å². The van der Waals surface area contributed by atoms with Crippen molar-refractivity contribution in [3.63, 3.8) is 0 Å². The Morgan fingerprint density at radius 3 is 1.94 bits per heavy atom. The number of hydrogen-bond acceptors (Lipinski definition) is 5. The summed E-state index contributed by atoms with van der Waals surface area (Å²) in [4.78, 5) is 1.77. The fourth-order valence-electron chi connectivity index (χ4n) is 1.29. The predicted molar refractivity (Wildman–Crippen MR) is 59.3 cm³/mol. The van der Waals surface area contributed by atoms with E-state index in [1.165, 1.54) is 0 Å². The third-order valence-electron chi connectivity index (χ3n) is 1.97. The summed E-state index contributed by atoms with van der Waals surface area (Å²) in [6.07, 6.45) is 0.431. The second-order valence-corrected chi connectivity index (χ2v) is 3.16. The summed E-state index contributed by atoms with van der Waals surface area (Å²) in [7, 11) is 0. The van der Waals surface area contributed by atoms with Crippen molar-refractivity contribution in [1.82, 2.24) is 4.90 Å². The molecule has 5 heteroatoms. The van der Waals surface area contributed by atoms with E-state index in [0.29, 0.717) is 26.2 Å². The summed E-state index contributed by atoms with van der Waals surface area (Å²) in [5.74, 6) is 0. The molecule has 0 aromatic rings. The normalized spacial score (nSPS) is 10.4. The molecule has 0 aliphatic carbocycles. The molecule has 5 nitrogen and oxygen atoms in total. The molecule has 0 rings (SSSR count). The molecule has 0 bridgehead atoms. The molecule has 0 heterocycles. The van der Waals surface area contributed by atoms with Gasteiger partial charge in [0.2, 0.25) is 0 Å². The van der Waals surface area contributed by atoms with Gasteiger partial charge in [0.25, 0.3) is 0 Å². The number of nitriles is 2. The minimum Gasteiger partial charge on any atom is -0.353 e. The molecular formula is C11H19N3O2. The van der Waals surface area contributed by atoms with Crippen molar-refractivity contribution in [3.8, 4) is 12.1 Å². The molecule has 0 radical (unpaired) electrons. The highest BCUT2D eigenvalue weighted by Crippen LogP contribution is 2.03. The molecule has 0 amide bonds. The summed E-state index contributed by atoms with van der Waals surface area (Å²) >= 11 is 0. The van der Waals surface area contributed by atoms with E-state index in [2.05, 4.69) is 0 Å². The molecule has 0 saturated heterocycles. The fourth-order valence-corrected chi connectivity index (χ4v) is 1.29. The highest BCUT2D eigenvalue weighted by atomic mass is 16.7. The van der Waals surface area contributed by atoms with Gasteiger partial charge < -0.3 is 9.47 Å². The average Bonchev–Trinajstić information content (AvgIpc) is 2.27. The van der Waals surface area contributed by atoms with E-state index in [0.717, 1.165) is 0 Å². The molecule has 16 heavy (non-hydrogen) atoms. The second kappa shape index (κ2) is 10.4. The maximum Gasteiger partial charge on any atom is 0.158 e. The Balaban J connectivity index is 3.94. The molecule has 0 saturated carbocycles. The zero-order valence-corrected chi connectivity index (χ0v) is 9.98. The lowest BCUT2D eigenvalue weighted by Gasteiger charge is -2.20. The molecule has 0 aromatic heterocycles. The number of nitrogens with zero attached hydrogens (tertiary/aromatic N) is 3. The van der Waals surface area contributed by atoms with Crippen LogP contribution >= 0.6 is 0 Å². The molecule has 0 spiro atoms. The lowest BCUT2D eigenvalue weighted by molar-refractivity contribution is -0.141. The van der Waals surface area contributed by atoms with E-state index in [1.54, 1.807) is 4.90 Å². The fraction of sp³-hybridized carbons (Fsp3) is 0.818. The monoisotopic (exact) mass is 225 g/mol. The molecular weight excluding hydrogens is 206 g/mol. The lowest BCUT2D eigenvalue weighted by Crippen LogP contribution is -2.30. The number of ether oxygens (including phenoxy) is 2. The highest BCUT2D eigenvalue weighted by Gasteiger charge is 2.11. The Hall–Kier alpha value is -1.14. The van der Waals surface area contributed by atoms with Gasteiger partial charge in [-0.15, -0.1) is 0 Å². The first-order valence-electron chi connectivity index (χ1n) is 5.47. The SMILES string of the molecule is CCOC(CCN(CC#N)CC#N)OCC. The first-order valence-corrected chi connectivity index (χ1v) is 5.47. The predicted octanol–water partition coefficient (Wildman–Crippen LogP) is 1.12. The first-order chi connectivity index (χ1) is 7.78. The zero-order chi connectivity index (χ0) is 12.2. The van der Waals surface area contributed by atoms with Crippen molar-refractivity contribution >= 4 is 0 Å². The first kappa shape index (κ1) is 14.9. The lowest BCUT2D eigenvalue weighted by atomic mass is 10.3. The van der Waals surface area contributed by atoms with Gasteiger partial charge in [-0.25, -0.2) is 0 Å². The van der Waals surface area contributed by atoms with E-state index < -0.39 is 0 Å². The van der Waals surface area contributed by atoms with E-state index in [4.69, 9.17) is 20.0 Å². The molecule has 0 N–H and O–H groups in total. The Bertz CT molecular complexity index is 223. The third kappa shape index (κ3) is 7.19. The van der Waals surface area contributed by atoms with E-state index in [9.17, 15) is 0 Å². The Morgan fingerprint density at radius 1 is 1.06 bits per heavy atom. The van der Waals surface area contributed by atoms with Gasteiger partial charge in [-0.1, -0.05) is 0 Å². The van der Waals surface area contributed by atoms with Crippen LogP contribution in [0.15, 0.2) is 0 Å². The molecule has 0 atom stereocenters. The van der Waals surface area contributed by atoms with Crippen LogP contribution in [0.2, 0.25) is 0 Å². The van der Waals surface area contributed by atoms with Crippen LogP contribution in [0.25, 0.3) is 0 Å². The Morgan fingerprint density at radius 2 is 1.56 bits per heavy atom. The van der Waals surface area contributed by atoms with Gasteiger partial charge >= 0.3 is 0 Å². The minimum absolute atomic E-state index is 0.241. The zero-order valence-electron chi connectivity index (χ0n) is 9.98. The van der Waals surface area contributed by atoms with Crippen molar-refractivity contribution in [3.05, 3.63) is 0 Å². The van der Waals surface area contributed by atoms with Crippen molar-refractivity contribution in [2.24, 2.45) is 0 Å². The molecule has 0 aliphatic heterocycles. The van der Waals surface area contributed by atoms with Crippen LogP contribution in [0.4, 0.5) is 0 Å². The quantitative estimate of drug-likeness (QED) is 0.434. The molecule has 0 fully saturated rings. The van der Waals surface area contributed by atoms with Gasteiger partial charge in [0, 0.05) is 26.2 Å². The summed E-state index contributed by atoms with van der Waals surface area (Å²) in [5, 5.41) is 17.1. The van der Waals surface area contributed by atoms with Crippen LogP contribution in [0.1, 0.15) is 20.3 Å². The van der Waals surface area contributed by atoms with Gasteiger partial charge in [-0.05, 0) is 13.8 Å². The molecule has 0 aromatic carbocycles. The third-order valence-corrected chi connectivity index (χ3v) is 1.97. The summed E-state index contributed by atoms with van der Waals surface area (Å²) in [6.45, 7) is 6.17. The van der Waals surface area contributed by atoms with Gasteiger partial charge in [-0.3, -0.25) is 4.90 Å². The van der Waals surface area contributed by atoms with Gasteiger partial charge in [-0.2, -0.15) is 10.5 Å². The largest absolute Gasteiger partial charge is 0.353 e. The summed E-state index contributed by atoms with van der Waals surface area (Å²) in [5.41, 5.74) is 0. The Kier molecular flexibility index (Phi) is 9.64. The van der Waals surface area contributed by atoms with E-state index in [-0.39, 0.29) is 19.4 Å². The topological polar surface area (TPSA) is 69.3 Å². The summed E-state index contributed by atoms with van der Waals surface area (Å²) < 4.78 is 10.7. The number of hydrogen-bond donors (Lipinski definition) is 0. The smallest absolute Gasteiger partial charge is 0.158 e. The van der Waals surface area contributed by atoms with Crippen LogP contribution in [0.5, 0.6) is 0 Å². The molecule has 0 aliphatic rings. The van der Waals surface area contributed by atoms with Gasteiger partial charge in [0.1, 0.15) is 0 Å². The highest BCUT2D eigenvalue weighted by molar-refractivity contribution is 4.83. The maximum atomic E-state index is 8.57. The average molecular weight is 225 g/mol. The van der Waals surface area contributed by atoms with E-state index in [1.807, 2.05) is 26.0 Å². The number of rotatable bonds is 9. The van der Waals surface area contributed by atoms with Crippen LogP contribution in [-0.4, -0.2) is 44.0 Å². The van der Waals surface area contributed by atoms with Crippen LogP contribution in [0.3, 0.4) is 0 Å². The maximum absolute atomic E-state index is 8.57. The van der Waals surface area contributed by atoms with Crippen LogP contribution in [-0.2, 0) is 9.47 Å². The molecule has 90 valence electrons. The van der Waals surface area contributed by atoms with Crippen molar-refractivity contribution in [2.75, 3.05) is 32.8 Å². The van der Waals surface area contributed by atoms with Crippen molar-refractivity contribution in [2.45, 2.75) is 26.6 Å². The van der Waals surface area contributed by atoms with Crippen LogP contribution < -0.4 is 0 Å². The van der Waals surface area contributed by atoms with Crippen molar-refractivity contribution in [1.29, 1.82) is 10.5 Å². The molecule has 0 unspecified atom stereocenters. The van der Waals surface area contributed by atoms with Crippen molar-refractivity contribution < 1.29 is 9.47 Å². The second-order valence-electron chi connectivity index (χ2n) is 3.16. The van der Waals surface area contributed by atoms with Gasteiger partial charge in [0.05, 0.1) is 25.2 Å². The minimum atomic E-state index is -0.241. The standard InChI is InChI=1S/C11H19N3O2/c1-3-15-11(16-4-2)5-8-14(9-6-12)10-7-13/h11H,3-5,8-10H2,1-2H3.